The van der Waals surface area contributed by atoms with Crippen molar-refractivity contribution in [2.75, 3.05) is 19.8 Å². The molecule has 0 aliphatic carbocycles. The average molecular weight is 257 g/mol. The molecule has 98 valence electrons. The second-order valence-corrected chi connectivity index (χ2v) is 4.75. The van der Waals surface area contributed by atoms with E-state index in [4.69, 9.17) is 9.47 Å². The first-order valence-electron chi connectivity index (χ1n) is 6.57. The van der Waals surface area contributed by atoms with Crippen molar-refractivity contribution in [1.29, 1.82) is 0 Å². The predicted octanol–water partition coefficient (Wildman–Crippen LogP) is 1.42. The molecule has 1 aromatic carbocycles. The minimum absolute atomic E-state index is 0.616. The van der Waals surface area contributed by atoms with Gasteiger partial charge in [-0.15, -0.1) is 0 Å². The van der Waals surface area contributed by atoms with E-state index < -0.39 is 0 Å². The molecule has 1 aromatic heterocycles. The van der Waals surface area contributed by atoms with Crippen molar-refractivity contribution in [2.24, 2.45) is 0 Å². The summed E-state index contributed by atoms with van der Waals surface area (Å²) in [6.45, 7) is 4.02. The van der Waals surface area contributed by atoms with E-state index in [9.17, 15) is 0 Å². The Kier molecular flexibility index (Phi) is 2.45. The van der Waals surface area contributed by atoms with Gasteiger partial charge in [0.05, 0.1) is 18.4 Å². The maximum Gasteiger partial charge on any atom is 0.162 e. The summed E-state index contributed by atoms with van der Waals surface area (Å²) in [5.74, 6) is 2.75. The molecule has 0 bridgehead atoms. The van der Waals surface area contributed by atoms with Crippen LogP contribution in [0.25, 0.3) is 11.3 Å². The molecule has 0 atom stereocenters. The molecule has 3 heterocycles. The molecule has 0 amide bonds. The van der Waals surface area contributed by atoms with Crippen LogP contribution in [0.2, 0.25) is 0 Å². The van der Waals surface area contributed by atoms with Crippen LogP contribution in [0.3, 0.4) is 0 Å². The van der Waals surface area contributed by atoms with Gasteiger partial charge in [0, 0.05) is 18.7 Å². The summed E-state index contributed by atoms with van der Waals surface area (Å²) in [5.41, 5.74) is 2.28. The third-order valence-electron chi connectivity index (χ3n) is 3.57. The van der Waals surface area contributed by atoms with Gasteiger partial charge in [-0.1, -0.05) is 0 Å². The van der Waals surface area contributed by atoms with Gasteiger partial charge in [0.2, 0.25) is 0 Å². The number of ether oxygens (including phenoxy) is 2. The van der Waals surface area contributed by atoms with Gasteiger partial charge in [-0.25, -0.2) is 4.98 Å². The van der Waals surface area contributed by atoms with Gasteiger partial charge in [0.25, 0.3) is 0 Å². The lowest BCUT2D eigenvalue weighted by Crippen LogP contribution is -2.28. The van der Waals surface area contributed by atoms with Crippen LogP contribution in [-0.2, 0) is 13.1 Å². The molecular formula is C14H15N3O2. The van der Waals surface area contributed by atoms with Crippen LogP contribution < -0.4 is 14.8 Å². The van der Waals surface area contributed by atoms with E-state index in [1.54, 1.807) is 0 Å². The van der Waals surface area contributed by atoms with Gasteiger partial charge < -0.3 is 19.4 Å². The summed E-state index contributed by atoms with van der Waals surface area (Å²) < 4.78 is 13.5. The zero-order valence-electron chi connectivity index (χ0n) is 10.6. The molecule has 2 aliphatic rings. The molecule has 0 unspecified atom stereocenters. The summed E-state index contributed by atoms with van der Waals surface area (Å²) in [7, 11) is 0. The third-order valence-corrected chi connectivity index (χ3v) is 3.57. The number of benzene rings is 1. The quantitative estimate of drug-likeness (QED) is 0.839. The molecule has 0 fully saturated rings. The lowest BCUT2D eigenvalue weighted by atomic mass is 10.1. The van der Waals surface area contributed by atoms with Crippen molar-refractivity contribution in [3.05, 3.63) is 30.2 Å². The first-order valence-corrected chi connectivity index (χ1v) is 6.57. The van der Waals surface area contributed by atoms with Crippen molar-refractivity contribution in [3.63, 3.8) is 0 Å². The highest BCUT2D eigenvalue weighted by Crippen LogP contribution is 2.34. The Bertz CT molecular complexity index is 621. The molecule has 2 aliphatic heterocycles. The van der Waals surface area contributed by atoms with E-state index in [1.165, 1.54) is 0 Å². The van der Waals surface area contributed by atoms with Crippen molar-refractivity contribution in [3.8, 4) is 22.8 Å². The molecule has 0 saturated heterocycles. The molecule has 4 rings (SSSR count). The van der Waals surface area contributed by atoms with E-state index in [1.807, 2.05) is 18.3 Å². The van der Waals surface area contributed by atoms with Gasteiger partial charge in [-0.3, -0.25) is 0 Å². The number of hydrogen-bond donors (Lipinski definition) is 1. The number of rotatable bonds is 1. The van der Waals surface area contributed by atoms with Crippen LogP contribution in [0.15, 0.2) is 24.4 Å². The Morgan fingerprint density at radius 3 is 3.00 bits per heavy atom. The topological polar surface area (TPSA) is 48.3 Å². The number of nitrogens with one attached hydrogen (secondary N) is 1. The number of fused-ring (bicyclic) bond motifs is 2. The Labute approximate surface area is 111 Å². The van der Waals surface area contributed by atoms with E-state index in [-0.39, 0.29) is 0 Å². The van der Waals surface area contributed by atoms with Crippen molar-refractivity contribution in [1.82, 2.24) is 14.9 Å². The van der Waals surface area contributed by atoms with Crippen molar-refractivity contribution < 1.29 is 9.47 Å². The van der Waals surface area contributed by atoms with Gasteiger partial charge in [-0.2, -0.15) is 0 Å². The minimum atomic E-state index is 0.616. The standard InChI is InChI=1S/C14H15N3O2/c1-2-12-13(19-6-5-18-12)7-10(1)11-8-16-14-9-15-3-4-17(11)14/h1-2,7-8,15H,3-6,9H2. The van der Waals surface area contributed by atoms with E-state index >= 15 is 0 Å². The number of nitrogens with zero attached hydrogens (tertiary/aromatic N) is 2. The Hall–Kier alpha value is -2.01. The summed E-state index contributed by atoms with van der Waals surface area (Å²) in [6, 6.07) is 6.09. The summed E-state index contributed by atoms with van der Waals surface area (Å²) in [6.07, 6.45) is 1.94. The highest BCUT2D eigenvalue weighted by atomic mass is 16.6. The minimum Gasteiger partial charge on any atom is -0.486 e. The highest BCUT2D eigenvalue weighted by Gasteiger charge is 2.17. The lowest BCUT2D eigenvalue weighted by molar-refractivity contribution is 0.171. The van der Waals surface area contributed by atoms with Crippen LogP contribution in [0.1, 0.15) is 5.82 Å². The molecule has 2 aromatic rings. The smallest absolute Gasteiger partial charge is 0.162 e. The number of imidazole rings is 1. The van der Waals surface area contributed by atoms with Crippen LogP contribution >= 0.6 is 0 Å². The predicted molar refractivity (Wildman–Crippen MR) is 70.4 cm³/mol. The Balaban J connectivity index is 1.78. The average Bonchev–Trinajstić information content (AvgIpc) is 2.91. The molecule has 1 N–H and O–H groups in total. The van der Waals surface area contributed by atoms with Crippen LogP contribution in [0, 0.1) is 0 Å². The van der Waals surface area contributed by atoms with Gasteiger partial charge in [-0.05, 0) is 18.2 Å². The summed E-state index contributed by atoms with van der Waals surface area (Å²) >= 11 is 0. The molecule has 0 radical (unpaired) electrons. The fourth-order valence-corrected chi connectivity index (χ4v) is 2.63. The van der Waals surface area contributed by atoms with Gasteiger partial charge >= 0.3 is 0 Å². The van der Waals surface area contributed by atoms with Gasteiger partial charge in [0.1, 0.15) is 19.0 Å². The number of hydrogen-bond acceptors (Lipinski definition) is 4. The van der Waals surface area contributed by atoms with E-state index in [2.05, 4.69) is 20.9 Å². The third kappa shape index (κ3) is 1.77. The molecule has 5 nitrogen and oxygen atoms in total. The fraction of sp³-hybridized carbons (Fsp3) is 0.357. The maximum atomic E-state index is 5.64. The summed E-state index contributed by atoms with van der Waals surface area (Å²) in [5, 5.41) is 3.33. The second kappa shape index (κ2) is 4.28. The van der Waals surface area contributed by atoms with Crippen LogP contribution in [-0.4, -0.2) is 29.3 Å². The van der Waals surface area contributed by atoms with Crippen molar-refractivity contribution in [2.45, 2.75) is 13.1 Å². The van der Waals surface area contributed by atoms with Crippen molar-refractivity contribution >= 4 is 0 Å². The van der Waals surface area contributed by atoms with Gasteiger partial charge in [0.15, 0.2) is 11.5 Å². The lowest BCUT2D eigenvalue weighted by Gasteiger charge is -2.20. The summed E-state index contributed by atoms with van der Waals surface area (Å²) in [4.78, 5) is 4.47. The Morgan fingerprint density at radius 2 is 2.05 bits per heavy atom. The maximum absolute atomic E-state index is 5.64. The molecule has 19 heavy (non-hydrogen) atoms. The van der Waals surface area contributed by atoms with Crippen LogP contribution in [0.4, 0.5) is 0 Å². The second-order valence-electron chi connectivity index (χ2n) is 4.75. The molecular weight excluding hydrogens is 242 g/mol. The first-order chi connectivity index (χ1) is 9.42. The normalized spacial score (nSPS) is 17.1. The largest absolute Gasteiger partial charge is 0.486 e. The van der Waals surface area contributed by atoms with E-state index in [0.29, 0.717) is 13.2 Å². The number of aromatic nitrogens is 2. The molecule has 0 saturated carbocycles. The zero-order chi connectivity index (χ0) is 12.7. The van der Waals surface area contributed by atoms with Crippen LogP contribution in [0.5, 0.6) is 11.5 Å². The molecule has 5 heteroatoms. The fourth-order valence-electron chi connectivity index (χ4n) is 2.63. The highest BCUT2D eigenvalue weighted by molar-refractivity contribution is 5.64. The first kappa shape index (κ1) is 10.9. The molecule has 0 spiro atoms. The zero-order valence-corrected chi connectivity index (χ0v) is 10.6. The monoisotopic (exact) mass is 257 g/mol. The Morgan fingerprint density at radius 1 is 1.16 bits per heavy atom. The van der Waals surface area contributed by atoms with E-state index in [0.717, 1.165) is 48.2 Å². The SMILES string of the molecule is c1cc2c(cc1-c1cnc3n1CCNC3)OCCO2.